The Morgan fingerprint density at radius 1 is 1.10 bits per heavy atom. The van der Waals surface area contributed by atoms with Crippen molar-refractivity contribution < 1.29 is 41.7 Å². The maximum absolute atomic E-state index is 15.4. The molecule has 3 aromatic carbocycles. The molecular weight excluding hydrogens is 658 g/mol. The Balaban J connectivity index is 1.34. The summed E-state index contributed by atoms with van der Waals surface area (Å²) in [5.41, 5.74) is 0.916. The molecule has 0 spiro atoms. The number of carbonyl (C=O) groups excluding carboxylic acids is 2. The Bertz CT molecular complexity index is 2170. The van der Waals surface area contributed by atoms with Crippen LogP contribution < -0.4 is 20.5 Å². The van der Waals surface area contributed by atoms with Gasteiger partial charge in [0.25, 0.3) is 5.91 Å². The fourth-order valence-electron chi connectivity index (χ4n) is 6.16. The van der Waals surface area contributed by atoms with Gasteiger partial charge in [-0.05, 0) is 61.7 Å². The molecule has 50 heavy (non-hydrogen) atoms. The average molecular weight is 690 g/mol. The number of alkyl halides is 3. The van der Waals surface area contributed by atoms with Crippen molar-refractivity contribution in [2.75, 3.05) is 20.3 Å². The maximum Gasteiger partial charge on any atom is 0.416 e. The van der Waals surface area contributed by atoms with Gasteiger partial charge in [-0.2, -0.15) is 18.3 Å². The van der Waals surface area contributed by atoms with Gasteiger partial charge < -0.3 is 25.6 Å². The van der Waals surface area contributed by atoms with Crippen LogP contribution in [0.5, 0.6) is 11.5 Å². The predicted molar refractivity (Wildman–Crippen MR) is 173 cm³/mol. The summed E-state index contributed by atoms with van der Waals surface area (Å²) in [6.07, 6.45) is -0.965. The number of benzene rings is 3. The molecule has 2 atom stereocenters. The van der Waals surface area contributed by atoms with Crippen LogP contribution in [0.2, 0.25) is 0 Å². The van der Waals surface area contributed by atoms with E-state index in [0.29, 0.717) is 40.9 Å². The lowest BCUT2D eigenvalue weighted by Gasteiger charge is -2.30. The molecule has 0 bridgehead atoms. The van der Waals surface area contributed by atoms with Gasteiger partial charge in [-0.25, -0.2) is 9.37 Å². The van der Waals surface area contributed by atoms with Crippen molar-refractivity contribution in [1.82, 2.24) is 20.1 Å². The Hall–Kier alpha value is -5.50. The van der Waals surface area contributed by atoms with E-state index in [4.69, 9.17) is 15.2 Å². The minimum Gasteiger partial charge on any atom is -0.494 e. The molecule has 14 heteroatoms. The number of ether oxygens (including phenoxy) is 2. The van der Waals surface area contributed by atoms with E-state index in [9.17, 15) is 27.9 Å². The highest BCUT2D eigenvalue weighted by Gasteiger charge is 2.46. The third kappa shape index (κ3) is 5.58. The van der Waals surface area contributed by atoms with E-state index in [2.05, 4.69) is 15.4 Å². The number of aromatic nitrogens is 3. The van der Waals surface area contributed by atoms with Gasteiger partial charge in [-0.15, -0.1) is 0 Å². The first-order valence-electron chi connectivity index (χ1n) is 15.7. The van der Waals surface area contributed by atoms with E-state index in [1.807, 2.05) is 10.9 Å². The first kappa shape index (κ1) is 33.0. The second-order valence-electron chi connectivity index (χ2n) is 12.8. The quantitative estimate of drug-likeness (QED) is 0.176. The highest BCUT2D eigenvalue weighted by atomic mass is 19.4. The minimum absolute atomic E-state index is 0.0883. The zero-order valence-corrected chi connectivity index (χ0v) is 26.8. The maximum atomic E-state index is 15.4. The molecule has 5 aromatic rings. The van der Waals surface area contributed by atoms with Crippen LogP contribution in [0.25, 0.3) is 22.2 Å². The van der Waals surface area contributed by atoms with Crippen molar-refractivity contribution in [2.45, 2.75) is 43.0 Å². The number of nitrogens with two attached hydrogens (primary N) is 1. The summed E-state index contributed by atoms with van der Waals surface area (Å²) in [6, 6.07) is 14.8. The van der Waals surface area contributed by atoms with Gasteiger partial charge in [0.2, 0.25) is 5.91 Å². The number of fused-ring (bicyclic) bond motifs is 2. The van der Waals surface area contributed by atoms with Crippen molar-refractivity contribution in [3.8, 4) is 22.8 Å². The van der Waals surface area contributed by atoms with Crippen LogP contribution in [0, 0.1) is 5.82 Å². The van der Waals surface area contributed by atoms with Crippen LogP contribution in [0.4, 0.5) is 17.6 Å². The standard InChI is InChI=1S/C36H31F4N5O5/c1-34(33(41)47)18-50-31-25(34)15-28(43-30(31)24-14-22(36(38,39)40)8-11-26(24)37)35(48,21-6-4-3-5-7-21)17-42-32(46)19-12-20-16-45(23-9-10-23)44-29(20)27(13-19)49-2/h3-8,11-16,23,48H,9-10,17-18H2,1-2H3,(H2,41,47)(H,42,46)/t34-,35+/m0/s1. The fraction of sp³-hybridized carbons (Fsp3) is 0.278. The Labute approximate surface area is 282 Å². The number of carbonyl (C=O) groups is 2. The molecule has 0 radical (unpaired) electrons. The number of nitrogens with zero attached hydrogens (tertiary/aromatic N) is 3. The molecule has 258 valence electrons. The molecule has 2 amide bonds. The summed E-state index contributed by atoms with van der Waals surface area (Å²) in [6.45, 7) is 0.663. The van der Waals surface area contributed by atoms with Gasteiger partial charge in [-0.3, -0.25) is 14.3 Å². The van der Waals surface area contributed by atoms with Gasteiger partial charge in [0.1, 0.15) is 46.1 Å². The summed E-state index contributed by atoms with van der Waals surface area (Å²) >= 11 is 0. The lowest BCUT2D eigenvalue weighted by atomic mass is 9.80. The second-order valence-corrected chi connectivity index (χ2v) is 12.8. The molecule has 7 rings (SSSR count). The zero-order chi connectivity index (χ0) is 35.6. The number of halogens is 4. The number of hydrogen-bond acceptors (Lipinski definition) is 7. The molecule has 1 aliphatic heterocycles. The highest BCUT2D eigenvalue weighted by Crippen LogP contribution is 2.47. The predicted octanol–water partition coefficient (Wildman–Crippen LogP) is 5.40. The molecule has 3 heterocycles. The monoisotopic (exact) mass is 689 g/mol. The SMILES string of the molecule is COc1cc(C(=O)NC[C@@](O)(c2ccccc2)c2cc3c(c(-c4cc(C(F)(F)F)ccc4F)n2)OC[C@]3(C)C(N)=O)cc2cn(C3CC3)nc12. The number of rotatable bonds is 9. The van der Waals surface area contributed by atoms with Crippen LogP contribution in [-0.2, 0) is 22.0 Å². The molecule has 10 nitrogen and oxygen atoms in total. The lowest BCUT2D eigenvalue weighted by molar-refractivity contribution is -0.137. The molecule has 0 saturated heterocycles. The van der Waals surface area contributed by atoms with Gasteiger partial charge in [0.05, 0.1) is 31.0 Å². The van der Waals surface area contributed by atoms with E-state index in [1.54, 1.807) is 36.4 Å². The van der Waals surface area contributed by atoms with Crippen molar-refractivity contribution in [3.63, 3.8) is 0 Å². The molecule has 2 aromatic heterocycles. The van der Waals surface area contributed by atoms with E-state index < -0.39 is 52.5 Å². The van der Waals surface area contributed by atoms with Gasteiger partial charge in [0, 0.05) is 28.3 Å². The normalized spacial score (nSPS) is 18.3. The number of pyridine rings is 1. The average Bonchev–Trinajstić information content (AvgIpc) is 3.77. The molecule has 2 aliphatic rings. The van der Waals surface area contributed by atoms with Crippen LogP contribution in [-0.4, -0.2) is 51.9 Å². The third-order valence-electron chi connectivity index (χ3n) is 9.34. The van der Waals surface area contributed by atoms with E-state index in [-0.39, 0.29) is 40.4 Å². The molecule has 1 aliphatic carbocycles. The summed E-state index contributed by atoms with van der Waals surface area (Å²) < 4.78 is 69.8. The zero-order valence-electron chi connectivity index (χ0n) is 26.8. The molecule has 1 saturated carbocycles. The molecule has 4 N–H and O–H groups in total. The van der Waals surface area contributed by atoms with E-state index in [0.717, 1.165) is 12.8 Å². The number of hydrogen-bond donors (Lipinski definition) is 3. The van der Waals surface area contributed by atoms with E-state index in [1.165, 1.54) is 26.2 Å². The lowest BCUT2D eigenvalue weighted by Crippen LogP contribution is -2.43. The number of aliphatic hydroxyl groups is 1. The number of nitrogens with one attached hydrogen (secondary N) is 1. The number of amides is 2. The molecular formula is C36H31F4N5O5. The van der Waals surface area contributed by atoms with Crippen molar-refractivity contribution in [2.24, 2.45) is 5.73 Å². The van der Waals surface area contributed by atoms with Crippen LogP contribution >= 0.6 is 0 Å². The topological polar surface area (TPSA) is 142 Å². The largest absolute Gasteiger partial charge is 0.494 e. The Morgan fingerprint density at radius 2 is 1.84 bits per heavy atom. The summed E-state index contributed by atoms with van der Waals surface area (Å²) in [7, 11) is 1.47. The Kier molecular flexibility index (Phi) is 7.81. The van der Waals surface area contributed by atoms with Gasteiger partial charge in [0.15, 0.2) is 0 Å². The summed E-state index contributed by atoms with van der Waals surface area (Å²) in [5.74, 6) is -2.24. The van der Waals surface area contributed by atoms with Crippen LogP contribution in [0.1, 0.15) is 58.5 Å². The molecule has 0 unspecified atom stereocenters. The summed E-state index contributed by atoms with van der Waals surface area (Å²) in [4.78, 5) is 30.9. The van der Waals surface area contributed by atoms with Gasteiger partial charge >= 0.3 is 6.18 Å². The Morgan fingerprint density at radius 3 is 2.50 bits per heavy atom. The minimum atomic E-state index is -4.82. The second kappa shape index (κ2) is 11.8. The van der Waals surface area contributed by atoms with Gasteiger partial charge in [-0.1, -0.05) is 30.3 Å². The van der Waals surface area contributed by atoms with Crippen molar-refractivity contribution >= 4 is 22.7 Å². The number of methoxy groups -OCH3 is 1. The first-order valence-corrected chi connectivity index (χ1v) is 15.7. The van der Waals surface area contributed by atoms with Crippen molar-refractivity contribution in [1.29, 1.82) is 0 Å². The molecule has 1 fully saturated rings. The first-order chi connectivity index (χ1) is 23.7. The fourth-order valence-corrected chi connectivity index (χ4v) is 6.16. The number of primary amides is 1. The van der Waals surface area contributed by atoms with Crippen LogP contribution in [0.3, 0.4) is 0 Å². The van der Waals surface area contributed by atoms with Crippen LogP contribution in [0.15, 0.2) is 72.9 Å². The van der Waals surface area contributed by atoms with E-state index >= 15 is 4.39 Å². The summed E-state index contributed by atoms with van der Waals surface area (Å²) in [5, 5.41) is 20.5. The third-order valence-corrected chi connectivity index (χ3v) is 9.34. The highest BCUT2D eigenvalue weighted by molar-refractivity contribution is 6.00. The van der Waals surface area contributed by atoms with Crippen molar-refractivity contribution in [3.05, 3.63) is 107 Å². The smallest absolute Gasteiger partial charge is 0.416 e.